The second-order valence-electron chi connectivity index (χ2n) is 4.41. The molecule has 1 aromatic heterocycles. The van der Waals surface area contributed by atoms with Crippen LogP contribution in [-0.2, 0) is 0 Å². The minimum atomic E-state index is 0.151. The molecule has 2 rings (SSSR count). The standard InChI is InChI=1S/C14H14BrCl2NS/c1-8(10-5-3-4-6-12(10)15)18-9(2)11-7-13(16)19-14(11)17/h3-9,18H,1-2H3/t8-,9?/m0/s1. The molecule has 1 unspecified atom stereocenters. The number of rotatable bonds is 4. The van der Waals surface area contributed by atoms with Crippen LogP contribution in [0.5, 0.6) is 0 Å². The zero-order valence-electron chi connectivity index (χ0n) is 10.6. The van der Waals surface area contributed by atoms with Crippen LogP contribution in [0.4, 0.5) is 0 Å². The Labute approximate surface area is 136 Å². The van der Waals surface area contributed by atoms with Crippen molar-refractivity contribution in [3.05, 3.63) is 54.6 Å². The van der Waals surface area contributed by atoms with Crippen molar-refractivity contribution in [1.29, 1.82) is 0 Å². The monoisotopic (exact) mass is 377 g/mol. The van der Waals surface area contributed by atoms with Gasteiger partial charge in [-0.25, -0.2) is 0 Å². The van der Waals surface area contributed by atoms with Crippen LogP contribution in [0.2, 0.25) is 8.67 Å². The van der Waals surface area contributed by atoms with E-state index in [1.165, 1.54) is 16.9 Å². The van der Waals surface area contributed by atoms with Crippen molar-refractivity contribution in [3.63, 3.8) is 0 Å². The van der Waals surface area contributed by atoms with Crippen molar-refractivity contribution in [2.75, 3.05) is 0 Å². The highest BCUT2D eigenvalue weighted by Gasteiger charge is 2.17. The van der Waals surface area contributed by atoms with Gasteiger partial charge in [0.1, 0.15) is 0 Å². The molecule has 2 atom stereocenters. The molecule has 5 heteroatoms. The smallest absolute Gasteiger partial charge is 0.0991 e. The Kier molecular flexibility index (Phi) is 5.32. The largest absolute Gasteiger partial charge is 0.304 e. The summed E-state index contributed by atoms with van der Waals surface area (Å²) in [7, 11) is 0. The summed E-state index contributed by atoms with van der Waals surface area (Å²) in [6, 6.07) is 10.5. The molecule has 102 valence electrons. The van der Waals surface area contributed by atoms with Crippen LogP contribution in [0, 0.1) is 0 Å². The molecule has 0 radical (unpaired) electrons. The minimum absolute atomic E-state index is 0.151. The van der Waals surface area contributed by atoms with E-state index in [2.05, 4.69) is 41.2 Å². The Balaban J connectivity index is 2.13. The Hall–Kier alpha value is -0.0600. The average molecular weight is 379 g/mol. The summed E-state index contributed by atoms with van der Waals surface area (Å²) in [5.41, 5.74) is 2.28. The topological polar surface area (TPSA) is 12.0 Å². The van der Waals surface area contributed by atoms with Gasteiger partial charge >= 0.3 is 0 Å². The minimum Gasteiger partial charge on any atom is -0.304 e. The first kappa shape index (κ1) is 15.3. The number of benzene rings is 1. The van der Waals surface area contributed by atoms with E-state index in [9.17, 15) is 0 Å². The van der Waals surface area contributed by atoms with Gasteiger partial charge in [-0.15, -0.1) is 11.3 Å². The van der Waals surface area contributed by atoms with E-state index in [4.69, 9.17) is 23.2 Å². The molecule has 1 N–H and O–H groups in total. The lowest BCUT2D eigenvalue weighted by atomic mass is 10.1. The van der Waals surface area contributed by atoms with Gasteiger partial charge < -0.3 is 5.32 Å². The molecule has 1 heterocycles. The lowest BCUT2D eigenvalue weighted by Gasteiger charge is -2.21. The first-order valence-corrected chi connectivity index (χ1v) is 8.30. The molecule has 0 aliphatic carbocycles. The third-order valence-electron chi connectivity index (χ3n) is 3.02. The normalized spacial score (nSPS) is 14.4. The number of nitrogens with one attached hydrogen (secondary N) is 1. The molecule has 0 saturated carbocycles. The molecule has 19 heavy (non-hydrogen) atoms. The van der Waals surface area contributed by atoms with Crippen molar-refractivity contribution in [3.8, 4) is 0 Å². The molecule has 0 bridgehead atoms. The van der Waals surface area contributed by atoms with Crippen LogP contribution in [0.3, 0.4) is 0 Å². The van der Waals surface area contributed by atoms with Gasteiger partial charge in [-0.05, 0) is 37.1 Å². The molecule has 1 nitrogen and oxygen atoms in total. The van der Waals surface area contributed by atoms with Crippen molar-refractivity contribution in [2.24, 2.45) is 0 Å². The summed E-state index contributed by atoms with van der Waals surface area (Å²) in [6.45, 7) is 4.23. The van der Waals surface area contributed by atoms with Gasteiger partial charge in [-0.3, -0.25) is 0 Å². The van der Waals surface area contributed by atoms with Crippen molar-refractivity contribution < 1.29 is 0 Å². The molecule has 1 aromatic carbocycles. The fraction of sp³-hybridized carbons (Fsp3) is 0.286. The number of hydrogen-bond donors (Lipinski definition) is 1. The van der Waals surface area contributed by atoms with E-state index in [0.29, 0.717) is 0 Å². The van der Waals surface area contributed by atoms with Crippen LogP contribution in [0.15, 0.2) is 34.8 Å². The van der Waals surface area contributed by atoms with E-state index in [-0.39, 0.29) is 12.1 Å². The van der Waals surface area contributed by atoms with Crippen LogP contribution in [-0.4, -0.2) is 0 Å². The van der Waals surface area contributed by atoms with Gasteiger partial charge in [0.2, 0.25) is 0 Å². The van der Waals surface area contributed by atoms with Crippen molar-refractivity contribution >= 4 is 50.5 Å². The van der Waals surface area contributed by atoms with E-state index in [1.807, 2.05) is 24.3 Å². The summed E-state index contributed by atoms with van der Waals surface area (Å²) < 4.78 is 2.59. The highest BCUT2D eigenvalue weighted by Crippen LogP contribution is 2.36. The first-order chi connectivity index (χ1) is 8.99. The molecule has 0 fully saturated rings. The fourth-order valence-corrected chi connectivity index (χ4v) is 4.30. The second kappa shape index (κ2) is 6.59. The Bertz CT molecular complexity index is 570. The van der Waals surface area contributed by atoms with Gasteiger partial charge in [0.05, 0.1) is 8.67 Å². The maximum Gasteiger partial charge on any atom is 0.0991 e. The van der Waals surface area contributed by atoms with E-state index >= 15 is 0 Å². The van der Waals surface area contributed by atoms with Gasteiger partial charge in [-0.2, -0.15) is 0 Å². The molecule has 0 saturated heterocycles. The predicted molar refractivity (Wildman–Crippen MR) is 88.4 cm³/mol. The SMILES string of the molecule is CC(N[C@@H](C)c1ccccc1Br)c1cc(Cl)sc1Cl. The molecule has 0 aliphatic heterocycles. The lowest BCUT2D eigenvalue weighted by Crippen LogP contribution is -2.22. The second-order valence-corrected chi connectivity index (χ2v) is 7.55. The number of halogens is 3. The highest BCUT2D eigenvalue weighted by atomic mass is 79.9. The molecular weight excluding hydrogens is 365 g/mol. The maximum absolute atomic E-state index is 6.19. The van der Waals surface area contributed by atoms with Crippen LogP contribution < -0.4 is 5.32 Å². The Morgan fingerprint density at radius 2 is 1.74 bits per heavy atom. The molecule has 0 spiro atoms. The van der Waals surface area contributed by atoms with E-state index in [1.54, 1.807) is 0 Å². The Morgan fingerprint density at radius 1 is 1.11 bits per heavy atom. The van der Waals surface area contributed by atoms with Crippen molar-refractivity contribution in [2.45, 2.75) is 25.9 Å². The molecular formula is C14H14BrCl2NS. The lowest BCUT2D eigenvalue weighted by molar-refractivity contribution is 0.494. The van der Waals surface area contributed by atoms with Gasteiger partial charge in [0.25, 0.3) is 0 Å². The van der Waals surface area contributed by atoms with Gasteiger partial charge in [0.15, 0.2) is 0 Å². The van der Waals surface area contributed by atoms with E-state index < -0.39 is 0 Å². The number of thiophene rings is 1. The zero-order valence-corrected chi connectivity index (χ0v) is 14.5. The first-order valence-electron chi connectivity index (χ1n) is 5.94. The average Bonchev–Trinajstić information content (AvgIpc) is 2.69. The molecule has 0 aliphatic rings. The molecule has 2 aromatic rings. The van der Waals surface area contributed by atoms with Crippen LogP contribution in [0.25, 0.3) is 0 Å². The van der Waals surface area contributed by atoms with Crippen LogP contribution in [0.1, 0.15) is 37.1 Å². The van der Waals surface area contributed by atoms with Crippen molar-refractivity contribution in [1.82, 2.24) is 5.32 Å². The quantitative estimate of drug-likeness (QED) is 0.664. The highest BCUT2D eigenvalue weighted by molar-refractivity contribution is 9.10. The number of hydrogen-bond acceptors (Lipinski definition) is 2. The fourth-order valence-electron chi connectivity index (χ4n) is 2.03. The molecule has 0 amide bonds. The zero-order chi connectivity index (χ0) is 14.0. The van der Waals surface area contributed by atoms with Crippen LogP contribution >= 0.6 is 50.5 Å². The third-order valence-corrected chi connectivity index (χ3v) is 5.26. The van der Waals surface area contributed by atoms with Gasteiger partial charge in [0, 0.05) is 16.6 Å². The summed E-state index contributed by atoms with van der Waals surface area (Å²) in [6.07, 6.45) is 0. The summed E-state index contributed by atoms with van der Waals surface area (Å²) in [5, 5.41) is 3.54. The summed E-state index contributed by atoms with van der Waals surface area (Å²) >= 11 is 17.2. The van der Waals surface area contributed by atoms with E-state index in [0.717, 1.165) is 18.7 Å². The van der Waals surface area contributed by atoms with Gasteiger partial charge in [-0.1, -0.05) is 57.3 Å². The summed E-state index contributed by atoms with van der Waals surface area (Å²) in [5.74, 6) is 0. The third kappa shape index (κ3) is 3.73. The maximum atomic E-state index is 6.19. The Morgan fingerprint density at radius 3 is 2.32 bits per heavy atom. The summed E-state index contributed by atoms with van der Waals surface area (Å²) in [4.78, 5) is 0. The predicted octanol–water partition coefficient (Wildman–Crippen LogP) is 6.23.